The number of nitrogens with zero attached hydrogens (tertiary/aromatic N) is 1. The Morgan fingerprint density at radius 3 is 2.65 bits per heavy atom. The van der Waals surface area contributed by atoms with E-state index in [0.29, 0.717) is 6.42 Å². The van der Waals surface area contributed by atoms with Crippen molar-refractivity contribution >= 4 is 12.3 Å². The van der Waals surface area contributed by atoms with Crippen LogP contribution in [-0.4, -0.2) is 28.9 Å². The second kappa shape index (κ2) is 8.08. The first kappa shape index (κ1) is 14.9. The number of nitrogens with one attached hydrogen (secondary N) is 2. The minimum absolute atomic E-state index is 0. The SMILES string of the molecule is NN=CNNC(Cc1ccccc1)C(=O)O.O. The van der Waals surface area contributed by atoms with E-state index in [2.05, 4.69) is 16.0 Å². The second-order valence-corrected chi connectivity index (χ2v) is 3.15. The Morgan fingerprint density at radius 2 is 2.12 bits per heavy atom. The van der Waals surface area contributed by atoms with Crippen LogP contribution in [0.15, 0.2) is 35.4 Å². The number of aliphatic carboxylic acids is 1. The normalized spacial score (nSPS) is 11.8. The molecule has 7 heteroatoms. The Kier molecular flexibility index (Phi) is 7.07. The van der Waals surface area contributed by atoms with Crippen molar-refractivity contribution in [3.05, 3.63) is 35.9 Å². The van der Waals surface area contributed by atoms with E-state index in [4.69, 9.17) is 10.9 Å². The van der Waals surface area contributed by atoms with Gasteiger partial charge < -0.3 is 21.9 Å². The maximum atomic E-state index is 10.9. The van der Waals surface area contributed by atoms with Gasteiger partial charge in [-0.2, -0.15) is 5.10 Å². The summed E-state index contributed by atoms with van der Waals surface area (Å²) in [5.74, 6) is 3.92. The third-order valence-corrected chi connectivity index (χ3v) is 1.98. The molecular formula is C10H16N4O3. The fraction of sp³-hybridized carbons (Fsp3) is 0.200. The van der Waals surface area contributed by atoms with Crippen molar-refractivity contribution in [2.45, 2.75) is 12.5 Å². The number of hydrazine groups is 1. The lowest BCUT2D eigenvalue weighted by molar-refractivity contribution is -0.139. The molecular weight excluding hydrogens is 224 g/mol. The molecule has 17 heavy (non-hydrogen) atoms. The maximum absolute atomic E-state index is 10.9. The lowest BCUT2D eigenvalue weighted by Gasteiger charge is -2.13. The van der Waals surface area contributed by atoms with Crippen LogP contribution in [0.2, 0.25) is 0 Å². The second-order valence-electron chi connectivity index (χ2n) is 3.15. The summed E-state index contributed by atoms with van der Waals surface area (Å²) in [6, 6.07) is 8.61. The Hall–Kier alpha value is -2.12. The van der Waals surface area contributed by atoms with E-state index in [1.165, 1.54) is 6.34 Å². The molecule has 0 aromatic heterocycles. The van der Waals surface area contributed by atoms with Gasteiger partial charge in [-0.15, -0.1) is 0 Å². The molecule has 0 amide bonds. The van der Waals surface area contributed by atoms with Gasteiger partial charge in [0.1, 0.15) is 12.4 Å². The Balaban J connectivity index is 0.00000256. The Morgan fingerprint density at radius 1 is 1.47 bits per heavy atom. The minimum Gasteiger partial charge on any atom is -0.480 e. The van der Waals surface area contributed by atoms with Gasteiger partial charge in [0.15, 0.2) is 0 Å². The zero-order chi connectivity index (χ0) is 11.8. The van der Waals surface area contributed by atoms with Crippen molar-refractivity contribution in [3.8, 4) is 0 Å². The van der Waals surface area contributed by atoms with Crippen molar-refractivity contribution in [3.63, 3.8) is 0 Å². The van der Waals surface area contributed by atoms with E-state index in [1.54, 1.807) is 0 Å². The standard InChI is InChI=1S/C10H14N4O2.H2O/c11-12-7-13-14-9(10(15)16)6-8-4-2-1-3-5-8;/h1-5,7,9,14H,6,11H2,(H,12,13)(H,15,16);1H2. The number of hydrogen-bond donors (Lipinski definition) is 4. The van der Waals surface area contributed by atoms with E-state index < -0.39 is 12.0 Å². The van der Waals surface area contributed by atoms with E-state index in [-0.39, 0.29) is 5.48 Å². The predicted octanol–water partition coefficient (Wildman–Crippen LogP) is -1.15. The molecule has 0 aliphatic heterocycles. The molecule has 1 aromatic carbocycles. The van der Waals surface area contributed by atoms with Gasteiger partial charge in [-0.25, -0.2) is 5.43 Å². The lowest BCUT2D eigenvalue weighted by atomic mass is 10.1. The van der Waals surface area contributed by atoms with E-state index >= 15 is 0 Å². The first-order valence-corrected chi connectivity index (χ1v) is 4.73. The predicted molar refractivity (Wildman–Crippen MR) is 64.1 cm³/mol. The summed E-state index contributed by atoms with van der Waals surface area (Å²) >= 11 is 0. The van der Waals surface area contributed by atoms with Crippen LogP contribution in [0.25, 0.3) is 0 Å². The van der Waals surface area contributed by atoms with Crippen molar-refractivity contribution in [2.75, 3.05) is 0 Å². The van der Waals surface area contributed by atoms with E-state index in [9.17, 15) is 4.79 Å². The average molecular weight is 240 g/mol. The van der Waals surface area contributed by atoms with Gasteiger partial charge in [-0.05, 0) is 5.56 Å². The number of carbonyl (C=O) groups is 1. The Bertz CT molecular complexity index is 356. The molecule has 0 bridgehead atoms. The molecule has 0 radical (unpaired) electrons. The third kappa shape index (κ3) is 5.50. The largest absolute Gasteiger partial charge is 0.480 e. The van der Waals surface area contributed by atoms with Crippen LogP contribution >= 0.6 is 0 Å². The Labute approximate surface area is 98.6 Å². The third-order valence-electron chi connectivity index (χ3n) is 1.98. The molecule has 1 unspecified atom stereocenters. The first-order chi connectivity index (χ1) is 7.74. The van der Waals surface area contributed by atoms with Crippen molar-refractivity contribution < 1.29 is 15.4 Å². The fourth-order valence-corrected chi connectivity index (χ4v) is 1.23. The van der Waals surface area contributed by atoms with Crippen molar-refractivity contribution in [2.24, 2.45) is 10.9 Å². The molecule has 1 rings (SSSR count). The number of hydrazone groups is 1. The molecule has 1 aromatic rings. The molecule has 94 valence electrons. The number of carboxylic acid groups (broad SMARTS) is 1. The fourth-order valence-electron chi connectivity index (χ4n) is 1.23. The van der Waals surface area contributed by atoms with Gasteiger partial charge in [0.05, 0.1) is 0 Å². The number of benzene rings is 1. The van der Waals surface area contributed by atoms with Gasteiger partial charge in [0.25, 0.3) is 0 Å². The molecule has 1 atom stereocenters. The molecule has 0 aliphatic rings. The van der Waals surface area contributed by atoms with Gasteiger partial charge in [0.2, 0.25) is 0 Å². The smallest absolute Gasteiger partial charge is 0.322 e. The van der Waals surface area contributed by atoms with Gasteiger partial charge in [-0.3, -0.25) is 4.79 Å². The van der Waals surface area contributed by atoms with Crippen molar-refractivity contribution in [1.82, 2.24) is 10.9 Å². The average Bonchev–Trinajstić information content (AvgIpc) is 2.29. The molecule has 0 fully saturated rings. The topological polar surface area (TPSA) is 131 Å². The van der Waals surface area contributed by atoms with E-state index in [1.807, 2.05) is 30.3 Å². The highest BCUT2D eigenvalue weighted by Crippen LogP contribution is 2.02. The van der Waals surface area contributed by atoms with Crippen LogP contribution < -0.4 is 16.7 Å². The van der Waals surface area contributed by atoms with Crippen LogP contribution in [0, 0.1) is 0 Å². The summed E-state index contributed by atoms with van der Waals surface area (Å²) in [5.41, 5.74) is 6.02. The molecule has 0 spiro atoms. The maximum Gasteiger partial charge on any atom is 0.322 e. The molecule has 0 aliphatic carbocycles. The minimum atomic E-state index is -0.943. The molecule has 0 heterocycles. The summed E-state index contributed by atoms with van der Waals surface area (Å²) in [6.07, 6.45) is 1.56. The number of rotatable bonds is 6. The number of hydrogen-bond acceptors (Lipinski definition) is 4. The van der Waals surface area contributed by atoms with Crippen LogP contribution in [-0.2, 0) is 11.2 Å². The quantitative estimate of drug-likeness (QED) is 0.216. The monoisotopic (exact) mass is 240 g/mol. The first-order valence-electron chi connectivity index (χ1n) is 4.73. The summed E-state index contributed by atoms with van der Waals surface area (Å²) in [7, 11) is 0. The van der Waals surface area contributed by atoms with E-state index in [0.717, 1.165) is 5.56 Å². The van der Waals surface area contributed by atoms with Crippen molar-refractivity contribution in [1.29, 1.82) is 0 Å². The molecule has 0 saturated heterocycles. The molecule has 0 saturated carbocycles. The summed E-state index contributed by atoms with van der Waals surface area (Å²) in [6.45, 7) is 0. The molecule has 7 N–H and O–H groups in total. The number of carboxylic acids is 1. The highest BCUT2D eigenvalue weighted by molar-refractivity contribution is 5.74. The number of nitrogens with two attached hydrogens (primary N) is 1. The summed E-state index contributed by atoms with van der Waals surface area (Å²) < 4.78 is 0. The zero-order valence-corrected chi connectivity index (χ0v) is 9.13. The summed E-state index contributed by atoms with van der Waals surface area (Å²) in [4.78, 5) is 10.9. The lowest BCUT2D eigenvalue weighted by Crippen LogP contribution is -2.46. The van der Waals surface area contributed by atoms with Gasteiger partial charge >= 0.3 is 5.97 Å². The van der Waals surface area contributed by atoms with Crippen LogP contribution in [0.3, 0.4) is 0 Å². The van der Waals surface area contributed by atoms with Crippen LogP contribution in [0.1, 0.15) is 5.56 Å². The highest BCUT2D eigenvalue weighted by atomic mass is 16.4. The van der Waals surface area contributed by atoms with Gasteiger partial charge in [0, 0.05) is 6.42 Å². The summed E-state index contributed by atoms with van der Waals surface area (Å²) in [5, 5.41) is 12.1. The highest BCUT2D eigenvalue weighted by Gasteiger charge is 2.16. The zero-order valence-electron chi connectivity index (χ0n) is 9.13. The van der Waals surface area contributed by atoms with Crippen LogP contribution in [0.5, 0.6) is 0 Å². The molecule has 7 nitrogen and oxygen atoms in total. The van der Waals surface area contributed by atoms with Crippen LogP contribution in [0.4, 0.5) is 0 Å². The van der Waals surface area contributed by atoms with Gasteiger partial charge in [-0.1, -0.05) is 30.3 Å².